The smallest absolute Gasteiger partial charge is 0.255 e. The Morgan fingerprint density at radius 1 is 1.44 bits per heavy atom. The van der Waals surface area contributed by atoms with E-state index >= 15 is 0 Å². The van der Waals surface area contributed by atoms with Crippen LogP contribution in [0.2, 0.25) is 6.82 Å². The molecule has 0 unspecified atom stereocenters. The average molecular weight is 243 g/mol. The Balaban J connectivity index is 2.73. The zero-order chi connectivity index (χ0) is 13.1. The molecule has 0 spiro atoms. The van der Waals surface area contributed by atoms with Gasteiger partial charge in [0.15, 0.2) is 0 Å². The molecule has 2 rings (SSSR count). The highest BCUT2D eigenvalue weighted by Gasteiger charge is 2.09. The van der Waals surface area contributed by atoms with Gasteiger partial charge in [0.1, 0.15) is 5.65 Å². The highest BCUT2D eigenvalue weighted by Crippen LogP contribution is 2.12. The van der Waals surface area contributed by atoms with Crippen molar-refractivity contribution < 1.29 is 0 Å². The molecule has 18 heavy (non-hydrogen) atoms. The topological polar surface area (TPSA) is 59.8 Å². The van der Waals surface area contributed by atoms with Crippen molar-refractivity contribution in [3.05, 3.63) is 28.2 Å². The Hall–Kier alpha value is -1.85. The van der Waals surface area contributed by atoms with Gasteiger partial charge in [0.25, 0.3) is 5.56 Å². The van der Waals surface area contributed by atoms with Gasteiger partial charge in [-0.1, -0.05) is 13.7 Å². The molecule has 1 radical (unpaired) electrons. The van der Waals surface area contributed by atoms with Gasteiger partial charge in [0.05, 0.1) is 0 Å². The van der Waals surface area contributed by atoms with Gasteiger partial charge in [-0.05, 0) is 19.4 Å². The maximum Gasteiger partial charge on any atom is 0.255 e. The van der Waals surface area contributed by atoms with Gasteiger partial charge in [-0.25, -0.2) is 4.98 Å². The molecule has 0 fully saturated rings. The number of aryl methyl sites for hydroxylation is 2. The molecule has 0 saturated carbocycles. The van der Waals surface area contributed by atoms with Crippen molar-refractivity contribution in [3.8, 4) is 0 Å². The van der Waals surface area contributed by atoms with Crippen LogP contribution in [0.5, 0.6) is 0 Å². The van der Waals surface area contributed by atoms with Crippen LogP contribution >= 0.6 is 0 Å². The number of anilines is 1. The maximum atomic E-state index is 12.2. The molecule has 0 atom stereocenters. The summed E-state index contributed by atoms with van der Waals surface area (Å²) in [4.78, 5) is 20.8. The summed E-state index contributed by atoms with van der Waals surface area (Å²) < 4.78 is 1.69. The Kier molecular flexibility index (Phi) is 3.65. The predicted octanol–water partition coefficient (Wildman–Crippen LogP) is 1.45. The molecule has 5 nitrogen and oxygen atoms in total. The van der Waals surface area contributed by atoms with Gasteiger partial charge in [0.2, 0.25) is 13.4 Å². The van der Waals surface area contributed by atoms with E-state index in [9.17, 15) is 4.79 Å². The number of nitrogens with one attached hydrogen (secondary N) is 1. The van der Waals surface area contributed by atoms with Gasteiger partial charge < -0.3 is 5.23 Å². The Morgan fingerprint density at radius 3 is 2.83 bits per heavy atom. The second-order valence-corrected chi connectivity index (χ2v) is 3.98. The van der Waals surface area contributed by atoms with Crippen LogP contribution in [0.4, 0.5) is 5.95 Å². The summed E-state index contributed by atoms with van der Waals surface area (Å²) >= 11 is 0. The molecule has 2 aromatic heterocycles. The van der Waals surface area contributed by atoms with Crippen LogP contribution in [0.3, 0.4) is 0 Å². The Morgan fingerprint density at radius 2 is 2.22 bits per heavy atom. The first-order chi connectivity index (χ1) is 8.71. The number of rotatable bonds is 4. The summed E-state index contributed by atoms with van der Waals surface area (Å²) in [6, 6.07) is 1.88. The van der Waals surface area contributed by atoms with Crippen LogP contribution < -0.4 is 10.8 Å². The third-order valence-corrected chi connectivity index (χ3v) is 2.87. The molecular formula is C12H16BN4O. The molecule has 0 aliphatic heterocycles. The molecule has 2 aromatic rings. The van der Waals surface area contributed by atoms with Crippen LogP contribution in [-0.4, -0.2) is 21.9 Å². The van der Waals surface area contributed by atoms with Crippen LogP contribution in [-0.2, 0) is 13.0 Å². The van der Waals surface area contributed by atoms with Crippen molar-refractivity contribution in [2.45, 2.75) is 33.6 Å². The van der Waals surface area contributed by atoms with Crippen molar-refractivity contribution in [2.24, 2.45) is 0 Å². The maximum absolute atomic E-state index is 12.2. The largest absolute Gasteiger partial charge is 0.402 e. The van der Waals surface area contributed by atoms with Crippen LogP contribution in [0, 0.1) is 0 Å². The van der Waals surface area contributed by atoms with E-state index in [1.807, 2.05) is 26.7 Å². The molecule has 0 aliphatic carbocycles. The lowest BCUT2D eigenvalue weighted by molar-refractivity contribution is 0.738. The molecule has 1 N–H and O–H groups in total. The molecule has 93 valence electrons. The van der Waals surface area contributed by atoms with E-state index < -0.39 is 0 Å². The minimum Gasteiger partial charge on any atom is -0.402 e. The third-order valence-electron chi connectivity index (χ3n) is 2.87. The first kappa shape index (κ1) is 12.6. The second-order valence-electron chi connectivity index (χ2n) is 3.98. The Labute approximate surface area is 107 Å². The van der Waals surface area contributed by atoms with Gasteiger partial charge in [-0.2, -0.15) is 4.98 Å². The first-order valence-corrected chi connectivity index (χ1v) is 6.15. The van der Waals surface area contributed by atoms with E-state index in [4.69, 9.17) is 0 Å². The minimum atomic E-state index is 0.0395. The standard InChI is InChI=1S/C12H16BN4O/c1-4-8-6-9-7-14-12(16-13-3)15-10(9)17(5-2)11(8)18/h6-7H,4-5H2,1-3H3,(H,14,15,16). The van der Waals surface area contributed by atoms with Gasteiger partial charge in [0, 0.05) is 23.7 Å². The number of aromatic nitrogens is 3. The lowest BCUT2D eigenvalue weighted by Gasteiger charge is -2.10. The summed E-state index contributed by atoms with van der Waals surface area (Å²) in [7, 11) is 1.76. The van der Waals surface area contributed by atoms with Crippen LogP contribution in [0.1, 0.15) is 19.4 Å². The molecule has 6 heteroatoms. The monoisotopic (exact) mass is 243 g/mol. The molecular weight excluding hydrogens is 227 g/mol. The summed E-state index contributed by atoms with van der Waals surface area (Å²) in [5, 5.41) is 3.83. The molecule has 2 heterocycles. The zero-order valence-corrected chi connectivity index (χ0v) is 10.9. The summed E-state index contributed by atoms with van der Waals surface area (Å²) in [6.45, 7) is 6.39. The van der Waals surface area contributed by atoms with Crippen LogP contribution in [0.25, 0.3) is 11.0 Å². The van der Waals surface area contributed by atoms with Crippen molar-refractivity contribution in [3.63, 3.8) is 0 Å². The van der Waals surface area contributed by atoms with Gasteiger partial charge >= 0.3 is 0 Å². The van der Waals surface area contributed by atoms with E-state index in [2.05, 4.69) is 15.2 Å². The zero-order valence-electron chi connectivity index (χ0n) is 10.9. The number of pyridine rings is 1. The van der Waals surface area contributed by atoms with Crippen molar-refractivity contribution in [1.29, 1.82) is 0 Å². The first-order valence-electron chi connectivity index (χ1n) is 6.15. The van der Waals surface area contributed by atoms with Crippen molar-refractivity contribution in [2.75, 3.05) is 5.23 Å². The van der Waals surface area contributed by atoms with E-state index in [1.54, 1.807) is 18.2 Å². The van der Waals surface area contributed by atoms with E-state index in [-0.39, 0.29) is 5.56 Å². The highest BCUT2D eigenvalue weighted by atomic mass is 16.1. The lowest BCUT2D eigenvalue weighted by atomic mass is 10.0. The van der Waals surface area contributed by atoms with Crippen molar-refractivity contribution >= 4 is 24.4 Å². The van der Waals surface area contributed by atoms with E-state index in [0.29, 0.717) is 18.1 Å². The van der Waals surface area contributed by atoms with Gasteiger partial charge in [-0.15, -0.1) is 0 Å². The Bertz CT molecular complexity index is 623. The normalized spacial score (nSPS) is 10.6. The fraction of sp³-hybridized carbons (Fsp3) is 0.417. The third kappa shape index (κ3) is 2.10. The second kappa shape index (κ2) is 5.20. The number of fused-ring (bicyclic) bond motifs is 1. The minimum absolute atomic E-state index is 0.0395. The van der Waals surface area contributed by atoms with E-state index in [1.165, 1.54) is 0 Å². The highest BCUT2D eigenvalue weighted by molar-refractivity contribution is 6.38. The van der Waals surface area contributed by atoms with E-state index in [0.717, 1.165) is 17.4 Å². The molecule has 0 amide bonds. The number of hydrogen-bond acceptors (Lipinski definition) is 4. The molecule has 0 bridgehead atoms. The molecule has 0 saturated heterocycles. The average Bonchev–Trinajstić information content (AvgIpc) is 2.38. The summed E-state index contributed by atoms with van der Waals surface area (Å²) in [6.07, 6.45) is 2.47. The van der Waals surface area contributed by atoms with Crippen molar-refractivity contribution in [1.82, 2.24) is 14.5 Å². The number of nitrogens with zero attached hydrogens (tertiary/aromatic N) is 3. The van der Waals surface area contributed by atoms with Crippen LogP contribution in [0.15, 0.2) is 17.1 Å². The quantitative estimate of drug-likeness (QED) is 0.825. The molecule has 0 aliphatic rings. The lowest BCUT2D eigenvalue weighted by Crippen LogP contribution is -2.24. The predicted molar refractivity (Wildman–Crippen MR) is 74.1 cm³/mol. The van der Waals surface area contributed by atoms with Gasteiger partial charge in [-0.3, -0.25) is 9.36 Å². The molecule has 0 aromatic carbocycles. The SMILES string of the molecule is C[B]Nc1ncc2cc(CC)c(=O)n(CC)c2n1. The fourth-order valence-electron chi connectivity index (χ4n) is 1.96. The number of hydrogen-bond donors (Lipinski definition) is 1. The summed E-state index contributed by atoms with van der Waals surface area (Å²) in [5.74, 6) is 0.510. The summed E-state index contributed by atoms with van der Waals surface area (Å²) in [5.41, 5.74) is 1.52. The fourth-order valence-corrected chi connectivity index (χ4v) is 1.96.